The van der Waals surface area contributed by atoms with E-state index in [-0.39, 0.29) is 0 Å². The lowest BCUT2D eigenvalue weighted by Gasteiger charge is -2.09. The number of benzene rings is 3. The van der Waals surface area contributed by atoms with Gasteiger partial charge in [0.1, 0.15) is 0 Å². The Morgan fingerprint density at radius 3 is 2.53 bits per heavy atom. The lowest BCUT2D eigenvalue weighted by molar-refractivity contribution is 0.902. The van der Waals surface area contributed by atoms with E-state index in [0.717, 1.165) is 52.1 Å². The van der Waals surface area contributed by atoms with Crippen molar-refractivity contribution in [2.45, 2.75) is 19.8 Å². The van der Waals surface area contributed by atoms with Crippen LogP contribution in [0.5, 0.6) is 0 Å². The van der Waals surface area contributed by atoms with E-state index in [0.29, 0.717) is 5.56 Å². The van der Waals surface area contributed by atoms with Gasteiger partial charge in [-0.1, -0.05) is 72.3 Å². The number of aryl methyl sites for hydroxylation is 3. The van der Waals surface area contributed by atoms with E-state index in [4.69, 9.17) is 0 Å². The summed E-state index contributed by atoms with van der Waals surface area (Å²) in [6, 6.07) is 27.0. The molecular weight excluding hydrogens is 392 g/mol. The quantitative estimate of drug-likeness (QED) is 0.353. The molecule has 0 unspecified atom stereocenters. The van der Waals surface area contributed by atoms with E-state index in [1.54, 1.807) is 0 Å². The molecule has 0 aliphatic heterocycles. The van der Waals surface area contributed by atoms with E-state index in [1.807, 2.05) is 48.9 Å². The SMILES string of the molecule is Cc1cccc(-c2ccc(CCc3nccn4c(-c5ccccc5)cnc34)cc2C#N)c1. The molecule has 0 fully saturated rings. The molecule has 0 aliphatic carbocycles. The monoisotopic (exact) mass is 414 g/mol. The summed E-state index contributed by atoms with van der Waals surface area (Å²) in [5.41, 5.74) is 9.07. The lowest BCUT2D eigenvalue weighted by Crippen LogP contribution is -2.00. The number of aromatic nitrogens is 3. The minimum Gasteiger partial charge on any atom is -0.297 e. The summed E-state index contributed by atoms with van der Waals surface area (Å²) in [7, 11) is 0. The maximum atomic E-state index is 9.74. The highest BCUT2D eigenvalue weighted by Crippen LogP contribution is 2.26. The molecule has 5 rings (SSSR count). The van der Waals surface area contributed by atoms with Gasteiger partial charge >= 0.3 is 0 Å². The van der Waals surface area contributed by atoms with Crippen LogP contribution in [-0.2, 0) is 12.8 Å². The lowest BCUT2D eigenvalue weighted by atomic mass is 9.95. The van der Waals surface area contributed by atoms with Gasteiger partial charge in [0.05, 0.1) is 29.2 Å². The zero-order valence-corrected chi connectivity index (χ0v) is 17.9. The van der Waals surface area contributed by atoms with Gasteiger partial charge in [-0.25, -0.2) is 4.98 Å². The van der Waals surface area contributed by atoms with E-state index in [9.17, 15) is 5.26 Å². The van der Waals surface area contributed by atoms with Crippen LogP contribution < -0.4 is 0 Å². The van der Waals surface area contributed by atoms with E-state index >= 15 is 0 Å². The van der Waals surface area contributed by atoms with Gasteiger partial charge in [-0.3, -0.25) is 9.38 Å². The summed E-state index contributed by atoms with van der Waals surface area (Å²) in [5, 5.41) is 9.74. The highest BCUT2D eigenvalue weighted by atomic mass is 15.0. The second-order valence-corrected chi connectivity index (χ2v) is 7.94. The Hall–Kier alpha value is -4.23. The highest BCUT2D eigenvalue weighted by Gasteiger charge is 2.11. The molecule has 32 heavy (non-hydrogen) atoms. The molecule has 0 aliphatic rings. The third kappa shape index (κ3) is 3.77. The van der Waals surface area contributed by atoms with Crippen molar-refractivity contribution in [2.24, 2.45) is 0 Å². The van der Waals surface area contributed by atoms with Gasteiger partial charge in [0.2, 0.25) is 0 Å². The molecule has 0 saturated carbocycles. The second-order valence-electron chi connectivity index (χ2n) is 7.94. The summed E-state index contributed by atoms with van der Waals surface area (Å²) < 4.78 is 2.10. The normalized spacial score (nSPS) is 10.9. The minimum atomic E-state index is 0.700. The van der Waals surface area contributed by atoms with Crippen LogP contribution in [0.3, 0.4) is 0 Å². The molecule has 0 atom stereocenters. The fraction of sp³-hybridized carbons (Fsp3) is 0.107. The summed E-state index contributed by atoms with van der Waals surface area (Å²) in [5.74, 6) is 0. The van der Waals surface area contributed by atoms with Crippen molar-refractivity contribution >= 4 is 5.65 Å². The van der Waals surface area contributed by atoms with Crippen LogP contribution in [-0.4, -0.2) is 14.4 Å². The third-order valence-electron chi connectivity index (χ3n) is 5.75. The topological polar surface area (TPSA) is 54.0 Å². The molecule has 4 nitrogen and oxygen atoms in total. The van der Waals surface area contributed by atoms with Gasteiger partial charge in [-0.15, -0.1) is 0 Å². The van der Waals surface area contributed by atoms with Gasteiger partial charge in [0.25, 0.3) is 0 Å². The summed E-state index contributed by atoms with van der Waals surface area (Å²) in [6.45, 7) is 2.07. The van der Waals surface area contributed by atoms with E-state index < -0.39 is 0 Å². The number of hydrogen-bond acceptors (Lipinski definition) is 3. The van der Waals surface area contributed by atoms with Crippen LogP contribution in [0.15, 0.2) is 91.4 Å². The van der Waals surface area contributed by atoms with Gasteiger partial charge in [0, 0.05) is 18.0 Å². The number of fused-ring (bicyclic) bond motifs is 1. The van der Waals surface area contributed by atoms with E-state index in [1.165, 1.54) is 5.56 Å². The maximum absolute atomic E-state index is 9.74. The van der Waals surface area contributed by atoms with Crippen molar-refractivity contribution in [3.8, 4) is 28.5 Å². The minimum absolute atomic E-state index is 0.700. The first-order valence-electron chi connectivity index (χ1n) is 10.7. The maximum Gasteiger partial charge on any atom is 0.159 e. The number of rotatable bonds is 5. The van der Waals surface area contributed by atoms with Gasteiger partial charge in [-0.05, 0) is 42.5 Å². The molecule has 0 bridgehead atoms. The number of nitriles is 1. The van der Waals surface area contributed by atoms with Crippen LogP contribution in [0.1, 0.15) is 22.4 Å². The first-order valence-corrected chi connectivity index (χ1v) is 10.7. The molecule has 0 spiro atoms. The smallest absolute Gasteiger partial charge is 0.159 e. The first kappa shape index (κ1) is 19.7. The Morgan fingerprint density at radius 2 is 1.72 bits per heavy atom. The summed E-state index contributed by atoms with van der Waals surface area (Å²) >= 11 is 0. The van der Waals surface area contributed by atoms with Crippen LogP contribution in [0.4, 0.5) is 0 Å². The fourth-order valence-electron chi connectivity index (χ4n) is 4.14. The molecule has 4 heteroatoms. The van der Waals surface area contributed by atoms with Crippen molar-refractivity contribution in [1.29, 1.82) is 5.26 Å². The number of imidazole rings is 1. The van der Waals surface area contributed by atoms with Crippen molar-refractivity contribution in [2.75, 3.05) is 0 Å². The Kier molecular flexibility index (Phi) is 5.23. The van der Waals surface area contributed by atoms with Gasteiger partial charge in [0.15, 0.2) is 5.65 Å². The van der Waals surface area contributed by atoms with Crippen molar-refractivity contribution in [3.05, 3.63) is 114 Å². The Balaban J connectivity index is 1.41. The van der Waals surface area contributed by atoms with Crippen LogP contribution >= 0.6 is 0 Å². The summed E-state index contributed by atoms with van der Waals surface area (Å²) in [6.07, 6.45) is 7.24. The average molecular weight is 415 g/mol. The average Bonchev–Trinajstić information content (AvgIpc) is 3.28. The molecule has 3 aromatic carbocycles. The zero-order chi connectivity index (χ0) is 21.9. The molecule has 2 aromatic heterocycles. The molecule has 0 amide bonds. The standard InChI is InChI=1S/C28H22N4/c1-20-6-5-9-23(16-20)25-12-10-21(17-24(25)18-29)11-13-26-28-31-19-27(32(28)15-14-30-26)22-7-3-2-4-8-22/h2-10,12,14-17,19H,11,13H2,1H3. The molecule has 0 N–H and O–H groups in total. The van der Waals surface area contributed by atoms with Crippen molar-refractivity contribution in [1.82, 2.24) is 14.4 Å². The Morgan fingerprint density at radius 1 is 0.875 bits per heavy atom. The highest BCUT2D eigenvalue weighted by molar-refractivity contribution is 5.71. The largest absolute Gasteiger partial charge is 0.297 e. The second kappa shape index (κ2) is 8.49. The number of nitrogens with zero attached hydrogens (tertiary/aromatic N) is 4. The Labute approximate surface area is 187 Å². The predicted octanol–water partition coefficient (Wildman–Crippen LogP) is 6.03. The van der Waals surface area contributed by atoms with Crippen molar-refractivity contribution in [3.63, 3.8) is 0 Å². The molecule has 5 aromatic rings. The third-order valence-corrected chi connectivity index (χ3v) is 5.75. The van der Waals surface area contributed by atoms with Crippen LogP contribution in [0.2, 0.25) is 0 Å². The molecule has 0 radical (unpaired) electrons. The van der Waals surface area contributed by atoms with E-state index in [2.05, 4.69) is 69.8 Å². The molecular formula is C28H22N4. The fourth-order valence-corrected chi connectivity index (χ4v) is 4.14. The molecule has 2 heterocycles. The van der Waals surface area contributed by atoms with Gasteiger partial charge < -0.3 is 0 Å². The van der Waals surface area contributed by atoms with Crippen LogP contribution in [0, 0.1) is 18.3 Å². The number of hydrogen-bond donors (Lipinski definition) is 0. The van der Waals surface area contributed by atoms with Crippen LogP contribution in [0.25, 0.3) is 28.0 Å². The molecule has 0 saturated heterocycles. The van der Waals surface area contributed by atoms with Crippen molar-refractivity contribution < 1.29 is 0 Å². The Bertz CT molecular complexity index is 1440. The summed E-state index contributed by atoms with van der Waals surface area (Å²) in [4.78, 5) is 9.25. The molecule has 154 valence electrons. The van der Waals surface area contributed by atoms with Gasteiger partial charge in [-0.2, -0.15) is 5.26 Å². The first-order chi connectivity index (χ1) is 15.7. The predicted molar refractivity (Wildman–Crippen MR) is 127 cm³/mol. The zero-order valence-electron chi connectivity index (χ0n) is 17.9.